The van der Waals surface area contributed by atoms with Crippen molar-refractivity contribution in [3.8, 4) is 5.75 Å². The zero-order chi connectivity index (χ0) is 22.9. The summed E-state index contributed by atoms with van der Waals surface area (Å²) in [6, 6.07) is 15.5. The lowest BCUT2D eigenvalue weighted by Crippen LogP contribution is -2.45. The molecule has 3 amide bonds. The van der Waals surface area contributed by atoms with Crippen LogP contribution in [0.4, 0.5) is 0 Å². The van der Waals surface area contributed by atoms with E-state index in [4.69, 9.17) is 4.74 Å². The number of likely N-dealkylation sites (N-methyl/N-ethyl adjacent to an activating group) is 1. The van der Waals surface area contributed by atoms with E-state index in [2.05, 4.69) is 19.1 Å². The highest BCUT2D eigenvalue weighted by Gasteiger charge is 2.54. The Morgan fingerprint density at radius 3 is 2.53 bits per heavy atom. The summed E-state index contributed by atoms with van der Waals surface area (Å²) in [5.74, 6) is 0.0940. The fraction of sp³-hybridized carbons (Fsp3) is 0.423. The summed E-state index contributed by atoms with van der Waals surface area (Å²) in [5.41, 5.74) is 1.88. The number of carbonyl (C=O) groups is 3. The van der Waals surface area contributed by atoms with Crippen molar-refractivity contribution in [2.75, 3.05) is 27.2 Å². The summed E-state index contributed by atoms with van der Waals surface area (Å²) >= 11 is 0. The molecule has 2 aromatic rings. The second-order valence-electron chi connectivity index (χ2n) is 8.93. The Bertz CT molecular complexity index is 1050. The molecule has 0 radical (unpaired) electrons. The number of carbonyl (C=O) groups excluding carboxylic acids is 3. The van der Waals surface area contributed by atoms with Crippen molar-refractivity contribution in [2.24, 2.45) is 0 Å². The minimum atomic E-state index is -1.23. The van der Waals surface area contributed by atoms with Gasteiger partial charge in [-0.05, 0) is 37.0 Å². The molecule has 32 heavy (non-hydrogen) atoms. The number of likely N-dealkylation sites (tertiary alicyclic amines) is 2. The number of hydrogen-bond acceptors (Lipinski definition) is 4. The van der Waals surface area contributed by atoms with Crippen molar-refractivity contribution in [3.05, 3.63) is 65.2 Å². The SMILES string of the molecule is COc1ccccc1C1(CC(=O)N2CCCC(c3ccccc3C)C2)CC(=O)N(C)C1=O. The van der Waals surface area contributed by atoms with Crippen LogP contribution in [0.1, 0.15) is 48.3 Å². The van der Waals surface area contributed by atoms with E-state index in [1.807, 2.05) is 29.2 Å². The molecule has 6 heteroatoms. The summed E-state index contributed by atoms with van der Waals surface area (Å²) in [5, 5.41) is 0. The van der Waals surface area contributed by atoms with Crippen LogP contribution in [0.15, 0.2) is 48.5 Å². The van der Waals surface area contributed by atoms with Crippen LogP contribution < -0.4 is 4.74 Å². The van der Waals surface area contributed by atoms with Crippen molar-refractivity contribution in [1.29, 1.82) is 0 Å². The number of benzene rings is 2. The molecule has 2 aliphatic heterocycles. The third-order valence-electron chi connectivity index (χ3n) is 7.02. The van der Waals surface area contributed by atoms with Gasteiger partial charge in [0.1, 0.15) is 5.75 Å². The summed E-state index contributed by atoms with van der Waals surface area (Å²) in [4.78, 5) is 42.4. The number of nitrogens with zero attached hydrogens (tertiary/aromatic N) is 2. The minimum absolute atomic E-state index is 0.0243. The number of methoxy groups -OCH3 is 1. The van der Waals surface area contributed by atoms with Crippen LogP contribution in [0.2, 0.25) is 0 Å². The number of ether oxygens (including phenoxy) is 1. The van der Waals surface area contributed by atoms with Gasteiger partial charge in [0.2, 0.25) is 17.7 Å². The maximum atomic E-state index is 13.6. The van der Waals surface area contributed by atoms with Crippen LogP contribution in [-0.2, 0) is 19.8 Å². The van der Waals surface area contributed by atoms with Crippen LogP contribution in [0.25, 0.3) is 0 Å². The van der Waals surface area contributed by atoms with Crippen molar-refractivity contribution < 1.29 is 19.1 Å². The van der Waals surface area contributed by atoms with E-state index >= 15 is 0 Å². The lowest BCUT2D eigenvalue weighted by molar-refractivity contribution is -0.142. The fourth-order valence-corrected chi connectivity index (χ4v) is 5.24. The van der Waals surface area contributed by atoms with Gasteiger partial charge in [-0.2, -0.15) is 0 Å². The monoisotopic (exact) mass is 434 g/mol. The minimum Gasteiger partial charge on any atom is -0.496 e. The predicted octanol–water partition coefficient (Wildman–Crippen LogP) is 3.43. The molecule has 0 aliphatic carbocycles. The van der Waals surface area contributed by atoms with Crippen molar-refractivity contribution in [3.63, 3.8) is 0 Å². The molecule has 2 unspecified atom stereocenters. The van der Waals surface area contributed by atoms with E-state index in [1.54, 1.807) is 12.1 Å². The molecule has 168 valence electrons. The van der Waals surface area contributed by atoms with Gasteiger partial charge in [-0.1, -0.05) is 42.5 Å². The topological polar surface area (TPSA) is 66.9 Å². The normalized spacial score (nSPS) is 23.5. The molecule has 0 aromatic heterocycles. The Hall–Kier alpha value is -3.15. The molecule has 0 spiro atoms. The van der Waals surface area contributed by atoms with Crippen LogP contribution in [0, 0.1) is 6.92 Å². The molecule has 0 N–H and O–H groups in total. The number of imide groups is 1. The largest absolute Gasteiger partial charge is 0.496 e. The molecule has 0 saturated carbocycles. The molecule has 0 bridgehead atoms. The zero-order valence-electron chi connectivity index (χ0n) is 19.0. The molecule has 2 aromatic carbocycles. The Morgan fingerprint density at radius 2 is 1.84 bits per heavy atom. The fourth-order valence-electron chi connectivity index (χ4n) is 5.24. The maximum Gasteiger partial charge on any atom is 0.240 e. The molecule has 2 saturated heterocycles. The highest BCUT2D eigenvalue weighted by molar-refractivity contribution is 6.10. The summed E-state index contributed by atoms with van der Waals surface area (Å²) in [7, 11) is 3.03. The lowest BCUT2D eigenvalue weighted by Gasteiger charge is -2.36. The quantitative estimate of drug-likeness (QED) is 0.677. The number of para-hydroxylation sites is 1. The van der Waals surface area contributed by atoms with E-state index in [-0.39, 0.29) is 36.5 Å². The Labute approximate surface area is 189 Å². The van der Waals surface area contributed by atoms with E-state index in [0.29, 0.717) is 24.4 Å². The lowest BCUT2D eigenvalue weighted by atomic mass is 9.75. The Balaban J connectivity index is 1.63. The van der Waals surface area contributed by atoms with Gasteiger partial charge in [-0.25, -0.2) is 0 Å². The van der Waals surface area contributed by atoms with Gasteiger partial charge in [0.25, 0.3) is 0 Å². The summed E-state index contributed by atoms with van der Waals surface area (Å²) < 4.78 is 5.51. The first kappa shape index (κ1) is 22.1. The first-order chi connectivity index (χ1) is 15.4. The van der Waals surface area contributed by atoms with Gasteiger partial charge < -0.3 is 9.64 Å². The maximum absolute atomic E-state index is 13.6. The number of hydrogen-bond donors (Lipinski definition) is 0. The van der Waals surface area contributed by atoms with Gasteiger partial charge in [0.15, 0.2) is 0 Å². The second-order valence-corrected chi connectivity index (χ2v) is 8.93. The van der Waals surface area contributed by atoms with Crippen molar-refractivity contribution in [1.82, 2.24) is 9.80 Å². The summed E-state index contributed by atoms with van der Waals surface area (Å²) in [6.45, 7) is 3.40. The van der Waals surface area contributed by atoms with Crippen molar-refractivity contribution >= 4 is 17.7 Å². The highest BCUT2D eigenvalue weighted by atomic mass is 16.5. The standard InChI is InChI=1S/C26H30N2O4/c1-18-9-4-5-11-20(18)19-10-8-14-28(17-19)24(30)16-26(15-23(29)27(2)25(26)31)21-12-6-7-13-22(21)32-3/h4-7,9,11-13,19H,8,10,14-17H2,1-3H3. The number of aryl methyl sites for hydroxylation is 1. The Morgan fingerprint density at radius 1 is 1.12 bits per heavy atom. The highest BCUT2D eigenvalue weighted by Crippen LogP contribution is 2.44. The molecule has 4 rings (SSSR count). The molecule has 2 atom stereocenters. The first-order valence-electron chi connectivity index (χ1n) is 11.1. The van der Waals surface area contributed by atoms with Crippen LogP contribution in [0.3, 0.4) is 0 Å². The van der Waals surface area contributed by atoms with E-state index in [0.717, 1.165) is 17.7 Å². The number of piperidine rings is 1. The second kappa shape index (κ2) is 8.77. The molecular weight excluding hydrogens is 404 g/mol. The summed E-state index contributed by atoms with van der Waals surface area (Å²) in [6.07, 6.45) is 1.89. The van der Waals surface area contributed by atoms with Crippen LogP contribution in [0.5, 0.6) is 5.75 Å². The number of amides is 3. The molecular formula is C26H30N2O4. The van der Waals surface area contributed by atoms with Crippen LogP contribution >= 0.6 is 0 Å². The Kier molecular flexibility index (Phi) is 6.04. The third kappa shape index (κ3) is 3.78. The van der Waals surface area contributed by atoms with Gasteiger partial charge >= 0.3 is 0 Å². The number of rotatable bonds is 5. The van der Waals surface area contributed by atoms with Gasteiger partial charge in [-0.3, -0.25) is 19.3 Å². The molecule has 2 aliphatic rings. The predicted molar refractivity (Wildman–Crippen MR) is 121 cm³/mol. The van der Waals surface area contributed by atoms with Crippen LogP contribution in [-0.4, -0.2) is 54.8 Å². The molecule has 6 nitrogen and oxygen atoms in total. The van der Waals surface area contributed by atoms with E-state index in [9.17, 15) is 14.4 Å². The molecule has 2 heterocycles. The van der Waals surface area contributed by atoms with Gasteiger partial charge in [0.05, 0.1) is 12.5 Å². The average molecular weight is 435 g/mol. The van der Waals surface area contributed by atoms with Crippen molar-refractivity contribution in [2.45, 2.75) is 43.9 Å². The van der Waals surface area contributed by atoms with E-state index < -0.39 is 5.41 Å². The smallest absolute Gasteiger partial charge is 0.240 e. The van der Waals surface area contributed by atoms with Gasteiger partial charge in [-0.15, -0.1) is 0 Å². The van der Waals surface area contributed by atoms with E-state index in [1.165, 1.54) is 25.3 Å². The zero-order valence-corrected chi connectivity index (χ0v) is 19.0. The third-order valence-corrected chi connectivity index (χ3v) is 7.02. The molecule has 2 fully saturated rings. The average Bonchev–Trinajstić information content (AvgIpc) is 3.03. The van der Waals surface area contributed by atoms with Gasteiger partial charge in [0, 0.05) is 44.5 Å². The first-order valence-corrected chi connectivity index (χ1v) is 11.1.